The van der Waals surface area contributed by atoms with Crippen LogP contribution in [0, 0.1) is 5.82 Å². The summed E-state index contributed by atoms with van der Waals surface area (Å²) in [5.74, 6) is 0.195. The number of nitrogens with zero attached hydrogens (tertiary/aromatic N) is 4. The second-order valence-electron chi connectivity index (χ2n) is 4.56. The molecule has 114 valence electrons. The SMILES string of the molecule is O=C(Nc1nn2c(-c3ccco3)nnc2s1)c1ccc(F)cc1. The number of carbonyl (C=O) groups is 1. The van der Waals surface area contributed by atoms with Crippen molar-refractivity contribution in [2.45, 2.75) is 0 Å². The summed E-state index contributed by atoms with van der Waals surface area (Å²) in [7, 11) is 0. The van der Waals surface area contributed by atoms with Crippen molar-refractivity contribution in [3.63, 3.8) is 0 Å². The number of carbonyl (C=O) groups excluding carboxylic acids is 1. The first-order chi connectivity index (χ1) is 11.2. The highest BCUT2D eigenvalue weighted by atomic mass is 32.1. The Balaban J connectivity index is 1.62. The van der Waals surface area contributed by atoms with E-state index in [1.807, 2.05) is 0 Å². The molecule has 0 spiro atoms. The van der Waals surface area contributed by atoms with Crippen LogP contribution in [-0.4, -0.2) is 25.7 Å². The van der Waals surface area contributed by atoms with Gasteiger partial charge in [-0.3, -0.25) is 10.1 Å². The van der Waals surface area contributed by atoms with Gasteiger partial charge in [0, 0.05) is 5.56 Å². The van der Waals surface area contributed by atoms with Crippen LogP contribution in [0.2, 0.25) is 0 Å². The van der Waals surface area contributed by atoms with Gasteiger partial charge in [-0.25, -0.2) is 4.39 Å². The van der Waals surface area contributed by atoms with Crippen molar-refractivity contribution >= 4 is 27.3 Å². The molecule has 0 saturated heterocycles. The van der Waals surface area contributed by atoms with Gasteiger partial charge in [-0.15, -0.1) is 15.3 Å². The Morgan fingerprint density at radius 1 is 1.22 bits per heavy atom. The number of amides is 1. The van der Waals surface area contributed by atoms with E-state index in [2.05, 4.69) is 20.6 Å². The smallest absolute Gasteiger partial charge is 0.257 e. The topological polar surface area (TPSA) is 85.3 Å². The van der Waals surface area contributed by atoms with E-state index in [9.17, 15) is 9.18 Å². The zero-order valence-electron chi connectivity index (χ0n) is 11.4. The molecule has 3 aromatic heterocycles. The van der Waals surface area contributed by atoms with E-state index in [1.54, 1.807) is 12.1 Å². The van der Waals surface area contributed by atoms with Crippen LogP contribution in [-0.2, 0) is 0 Å². The second-order valence-corrected chi connectivity index (χ2v) is 5.52. The highest BCUT2D eigenvalue weighted by Crippen LogP contribution is 2.24. The molecule has 0 radical (unpaired) electrons. The maximum absolute atomic E-state index is 12.9. The molecule has 0 atom stereocenters. The number of nitrogens with one attached hydrogen (secondary N) is 1. The van der Waals surface area contributed by atoms with Crippen molar-refractivity contribution in [2.24, 2.45) is 0 Å². The fourth-order valence-electron chi connectivity index (χ4n) is 2.00. The molecule has 1 N–H and O–H groups in total. The molecule has 23 heavy (non-hydrogen) atoms. The molecule has 4 aromatic rings. The molecule has 0 aliphatic carbocycles. The Morgan fingerprint density at radius 2 is 2.04 bits per heavy atom. The van der Waals surface area contributed by atoms with E-state index < -0.39 is 5.82 Å². The quantitative estimate of drug-likeness (QED) is 0.625. The summed E-state index contributed by atoms with van der Waals surface area (Å²) in [6.45, 7) is 0. The van der Waals surface area contributed by atoms with Crippen LogP contribution in [0.15, 0.2) is 47.1 Å². The minimum Gasteiger partial charge on any atom is -0.461 e. The normalized spacial score (nSPS) is 11.0. The Bertz CT molecular complexity index is 975. The number of anilines is 1. The van der Waals surface area contributed by atoms with Gasteiger partial charge in [0.1, 0.15) is 5.82 Å². The van der Waals surface area contributed by atoms with Crippen molar-refractivity contribution in [3.8, 4) is 11.6 Å². The second kappa shape index (κ2) is 5.29. The molecule has 4 rings (SSSR count). The summed E-state index contributed by atoms with van der Waals surface area (Å²) >= 11 is 1.17. The van der Waals surface area contributed by atoms with Gasteiger partial charge in [0.25, 0.3) is 5.91 Å². The van der Waals surface area contributed by atoms with Crippen molar-refractivity contribution in [2.75, 3.05) is 5.32 Å². The van der Waals surface area contributed by atoms with Crippen molar-refractivity contribution < 1.29 is 13.6 Å². The van der Waals surface area contributed by atoms with Crippen LogP contribution in [0.1, 0.15) is 10.4 Å². The zero-order chi connectivity index (χ0) is 15.8. The fraction of sp³-hybridized carbons (Fsp3) is 0. The van der Waals surface area contributed by atoms with Crippen LogP contribution in [0.3, 0.4) is 0 Å². The summed E-state index contributed by atoms with van der Waals surface area (Å²) in [6.07, 6.45) is 1.53. The number of benzene rings is 1. The summed E-state index contributed by atoms with van der Waals surface area (Å²) in [6, 6.07) is 8.73. The first-order valence-electron chi connectivity index (χ1n) is 6.54. The van der Waals surface area contributed by atoms with Crippen LogP contribution < -0.4 is 5.32 Å². The van der Waals surface area contributed by atoms with Crippen LogP contribution in [0.25, 0.3) is 16.5 Å². The molecule has 0 aliphatic rings. The Kier molecular flexibility index (Phi) is 3.12. The number of rotatable bonds is 3. The third-order valence-corrected chi connectivity index (χ3v) is 3.87. The third-order valence-electron chi connectivity index (χ3n) is 3.06. The molecule has 3 heterocycles. The molecule has 0 fully saturated rings. The van der Waals surface area contributed by atoms with Gasteiger partial charge in [0.2, 0.25) is 15.9 Å². The highest BCUT2D eigenvalue weighted by Gasteiger charge is 2.16. The lowest BCUT2D eigenvalue weighted by atomic mass is 10.2. The molecular formula is C14H8FN5O2S. The third kappa shape index (κ3) is 2.46. The van der Waals surface area contributed by atoms with Crippen LogP contribution in [0.5, 0.6) is 0 Å². The predicted octanol–water partition coefficient (Wildman–Crippen LogP) is 2.84. The van der Waals surface area contributed by atoms with Gasteiger partial charge in [-0.2, -0.15) is 4.52 Å². The molecule has 1 aromatic carbocycles. The van der Waals surface area contributed by atoms with Crippen molar-refractivity contribution in [1.82, 2.24) is 19.8 Å². The number of hydrogen-bond acceptors (Lipinski definition) is 6. The van der Waals surface area contributed by atoms with E-state index >= 15 is 0 Å². The number of furan rings is 1. The minimum atomic E-state index is -0.400. The van der Waals surface area contributed by atoms with Gasteiger partial charge in [0.05, 0.1) is 6.26 Å². The van der Waals surface area contributed by atoms with Crippen LogP contribution in [0.4, 0.5) is 9.52 Å². The highest BCUT2D eigenvalue weighted by molar-refractivity contribution is 7.20. The van der Waals surface area contributed by atoms with Gasteiger partial charge < -0.3 is 4.42 Å². The Morgan fingerprint density at radius 3 is 2.78 bits per heavy atom. The fourth-order valence-corrected chi connectivity index (χ4v) is 2.73. The minimum absolute atomic E-state index is 0.337. The number of fused-ring (bicyclic) bond motifs is 1. The predicted molar refractivity (Wildman–Crippen MR) is 80.7 cm³/mol. The first kappa shape index (κ1) is 13.6. The van der Waals surface area contributed by atoms with Gasteiger partial charge >= 0.3 is 0 Å². The average Bonchev–Trinajstić information content (AvgIpc) is 3.23. The van der Waals surface area contributed by atoms with E-state index in [1.165, 1.54) is 46.4 Å². The average molecular weight is 329 g/mol. The van der Waals surface area contributed by atoms with Crippen LogP contribution >= 0.6 is 11.3 Å². The maximum Gasteiger partial charge on any atom is 0.257 e. The van der Waals surface area contributed by atoms with Gasteiger partial charge in [0.15, 0.2) is 5.76 Å². The Hall–Kier alpha value is -3.07. The summed E-state index contributed by atoms with van der Waals surface area (Å²) in [4.78, 5) is 12.6. The van der Waals surface area contributed by atoms with E-state index in [0.29, 0.717) is 27.2 Å². The molecule has 7 nitrogen and oxygen atoms in total. The molecular weight excluding hydrogens is 321 g/mol. The van der Waals surface area contributed by atoms with Crippen molar-refractivity contribution in [1.29, 1.82) is 0 Å². The maximum atomic E-state index is 12.9. The molecule has 0 bridgehead atoms. The number of aromatic nitrogens is 4. The van der Waals surface area contributed by atoms with Gasteiger partial charge in [-0.05, 0) is 36.4 Å². The zero-order valence-corrected chi connectivity index (χ0v) is 12.2. The van der Waals surface area contributed by atoms with Crippen molar-refractivity contribution in [3.05, 3.63) is 54.0 Å². The lowest BCUT2D eigenvalue weighted by Gasteiger charge is -2.00. The molecule has 0 unspecified atom stereocenters. The lowest BCUT2D eigenvalue weighted by molar-refractivity contribution is 0.102. The van der Waals surface area contributed by atoms with E-state index in [-0.39, 0.29) is 5.91 Å². The monoisotopic (exact) mass is 329 g/mol. The first-order valence-corrected chi connectivity index (χ1v) is 7.35. The summed E-state index contributed by atoms with van der Waals surface area (Å²) in [5, 5.41) is 15.3. The summed E-state index contributed by atoms with van der Waals surface area (Å²) < 4.78 is 19.6. The molecule has 0 aliphatic heterocycles. The van der Waals surface area contributed by atoms with E-state index in [0.717, 1.165) is 0 Å². The standard InChI is InChI=1S/C14H8FN5O2S/c15-9-5-3-8(4-6-9)12(21)16-13-19-20-11(10-2-1-7-22-10)17-18-14(20)23-13/h1-7H,(H,16,19,21). The number of halogens is 1. The number of hydrogen-bond donors (Lipinski definition) is 1. The largest absolute Gasteiger partial charge is 0.461 e. The summed E-state index contributed by atoms with van der Waals surface area (Å²) in [5.41, 5.74) is 0.337. The molecule has 1 amide bonds. The van der Waals surface area contributed by atoms with E-state index in [4.69, 9.17) is 4.42 Å². The van der Waals surface area contributed by atoms with Gasteiger partial charge in [-0.1, -0.05) is 11.3 Å². The lowest BCUT2D eigenvalue weighted by Crippen LogP contribution is -2.11. The Labute approximate surface area is 132 Å². The molecule has 9 heteroatoms. The molecule has 0 saturated carbocycles.